The Bertz CT molecular complexity index is 145. The van der Waals surface area contributed by atoms with Gasteiger partial charge in [-0.25, -0.2) is 0 Å². The molecule has 0 aliphatic rings. The minimum Gasteiger partial charge on any atom is -0.468 e. The van der Waals surface area contributed by atoms with Crippen molar-refractivity contribution in [3.05, 3.63) is 0 Å². The molecule has 5 heteroatoms. The molecule has 0 spiro atoms. The number of ether oxygens (including phenoxy) is 1. The quantitative estimate of drug-likeness (QED) is 0.373. The first-order chi connectivity index (χ1) is 5.63. The molecule has 0 fully saturated rings. The fourth-order valence-electron chi connectivity index (χ4n) is 1.07. The second-order valence-electron chi connectivity index (χ2n) is 3.17. The Kier molecular flexibility index (Phi) is 18.6. The van der Waals surface area contributed by atoms with E-state index in [0.717, 1.165) is 19.3 Å². The minimum absolute atomic E-state index is 0. The summed E-state index contributed by atoms with van der Waals surface area (Å²) >= 11 is 0. The molecule has 0 aromatic carbocycles. The maximum absolute atomic E-state index is 11.0. The molecule has 0 radical (unpaired) electrons. The van der Waals surface area contributed by atoms with E-state index in [2.05, 4.69) is 11.7 Å². The number of rotatable bonds is 5. The molecule has 0 bridgehead atoms. The Hall–Kier alpha value is 1.43. The predicted octanol–water partition coefficient (Wildman–Crippen LogP) is -4.68. The standard InChI is InChI=1S/C9H19NO2.2Na/c1-4-5-6-7(2)8(10)9(11)12-3;;/h7-8H,4-6,10H2,1-3H3;;/q;2*+1. The molecule has 72 valence electrons. The van der Waals surface area contributed by atoms with Gasteiger partial charge in [-0.15, -0.1) is 0 Å². The summed E-state index contributed by atoms with van der Waals surface area (Å²) in [5.41, 5.74) is 5.64. The van der Waals surface area contributed by atoms with Crippen molar-refractivity contribution in [3.8, 4) is 0 Å². The summed E-state index contributed by atoms with van der Waals surface area (Å²) in [4.78, 5) is 11.0. The van der Waals surface area contributed by atoms with Crippen LogP contribution in [0.25, 0.3) is 0 Å². The fraction of sp³-hybridized carbons (Fsp3) is 0.889. The van der Waals surface area contributed by atoms with E-state index < -0.39 is 6.04 Å². The molecule has 0 saturated heterocycles. The van der Waals surface area contributed by atoms with Crippen LogP contribution in [-0.2, 0) is 9.53 Å². The monoisotopic (exact) mass is 219 g/mol. The summed E-state index contributed by atoms with van der Waals surface area (Å²) in [7, 11) is 1.37. The third kappa shape index (κ3) is 8.72. The fourth-order valence-corrected chi connectivity index (χ4v) is 1.07. The number of carbonyl (C=O) groups excluding carboxylic acids is 1. The van der Waals surface area contributed by atoms with Gasteiger partial charge in [0, 0.05) is 0 Å². The number of nitrogens with two attached hydrogens (primary N) is 1. The van der Waals surface area contributed by atoms with E-state index in [0.29, 0.717) is 0 Å². The van der Waals surface area contributed by atoms with Gasteiger partial charge < -0.3 is 10.5 Å². The summed E-state index contributed by atoms with van der Waals surface area (Å²) in [6, 6.07) is -0.457. The van der Waals surface area contributed by atoms with Crippen LogP contribution < -0.4 is 64.8 Å². The number of unbranched alkanes of at least 4 members (excludes halogenated alkanes) is 1. The first-order valence-corrected chi connectivity index (χ1v) is 4.46. The number of hydrogen-bond acceptors (Lipinski definition) is 3. The molecule has 0 aliphatic carbocycles. The topological polar surface area (TPSA) is 52.3 Å². The normalized spacial score (nSPS) is 13.1. The van der Waals surface area contributed by atoms with Gasteiger partial charge in [0.1, 0.15) is 6.04 Å². The zero-order chi connectivity index (χ0) is 9.56. The van der Waals surface area contributed by atoms with Crippen molar-refractivity contribution in [1.29, 1.82) is 0 Å². The number of hydrogen-bond donors (Lipinski definition) is 1. The maximum atomic E-state index is 11.0. The molecule has 0 aliphatic heterocycles. The average Bonchev–Trinajstić information content (AvgIpc) is 2.11. The van der Waals surface area contributed by atoms with Crippen LogP contribution in [-0.4, -0.2) is 19.1 Å². The van der Waals surface area contributed by atoms with E-state index in [1.807, 2.05) is 6.92 Å². The van der Waals surface area contributed by atoms with E-state index in [1.165, 1.54) is 7.11 Å². The van der Waals surface area contributed by atoms with Crippen molar-refractivity contribution in [2.45, 2.75) is 39.2 Å². The third-order valence-corrected chi connectivity index (χ3v) is 2.10. The Morgan fingerprint density at radius 3 is 2.29 bits per heavy atom. The number of carbonyl (C=O) groups is 1. The van der Waals surface area contributed by atoms with Gasteiger partial charge in [0.15, 0.2) is 0 Å². The smallest absolute Gasteiger partial charge is 0.468 e. The van der Waals surface area contributed by atoms with Gasteiger partial charge in [-0.2, -0.15) is 0 Å². The van der Waals surface area contributed by atoms with E-state index >= 15 is 0 Å². The van der Waals surface area contributed by atoms with Crippen LogP contribution in [0, 0.1) is 5.92 Å². The summed E-state index contributed by atoms with van der Waals surface area (Å²) < 4.78 is 4.55. The van der Waals surface area contributed by atoms with Gasteiger partial charge in [0.25, 0.3) is 0 Å². The first kappa shape index (κ1) is 20.8. The van der Waals surface area contributed by atoms with Gasteiger partial charge in [-0.1, -0.05) is 26.7 Å². The van der Waals surface area contributed by atoms with Gasteiger partial charge >= 0.3 is 65.1 Å². The Labute approximate surface area is 131 Å². The van der Waals surface area contributed by atoms with Crippen LogP contribution in [0.2, 0.25) is 0 Å². The molecule has 14 heavy (non-hydrogen) atoms. The van der Waals surface area contributed by atoms with E-state index in [1.54, 1.807) is 0 Å². The zero-order valence-electron chi connectivity index (χ0n) is 10.2. The number of esters is 1. The van der Waals surface area contributed by atoms with Crippen molar-refractivity contribution in [3.63, 3.8) is 0 Å². The van der Waals surface area contributed by atoms with Crippen molar-refractivity contribution in [2.24, 2.45) is 11.7 Å². The van der Waals surface area contributed by atoms with Gasteiger partial charge in [0.2, 0.25) is 0 Å². The maximum Gasteiger partial charge on any atom is 1.00 e. The summed E-state index contributed by atoms with van der Waals surface area (Å²) in [5.74, 6) is -0.0870. The van der Waals surface area contributed by atoms with Crippen LogP contribution in [0.4, 0.5) is 0 Å². The van der Waals surface area contributed by atoms with Gasteiger partial charge in [-0.3, -0.25) is 4.79 Å². The Balaban J connectivity index is -0.000000605. The molecule has 2 atom stereocenters. The molecular formula is C9H19NNa2O2+2. The molecule has 0 saturated carbocycles. The number of methoxy groups -OCH3 is 1. The van der Waals surface area contributed by atoms with Crippen molar-refractivity contribution in [1.82, 2.24) is 0 Å². The van der Waals surface area contributed by atoms with Gasteiger partial charge in [0.05, 0.1) is 7.11 Å². The molecule has 3 nitrogen and oxygen atoms in total. The first-order valence-electron chi connectivity index (χ1n) is 4.46. The largest absolute Gasteiger partial charge is 1.00 e. The van der Waals surface area contributed by atoms with Crippen LogP contribution in [0.15, 0.2) is 0 Å². The molecule has 0 heterocycles. The molecule has 0 rings (SSSR count). The Morgan fingerprint density at radius 1 is 1.43 bits per heavy atom. The van der Waals surface area contributed by atoms with Crippen LogP contribution in [0.5, 0.6) is 0 Å². The summed E-state index contributed by atoms with van der Waals surface area (Å²) in [6.45, 7) is 4.10. The second kappa shape index (κ2) is 12.5. The summed E-state index contributed by atoms with van der Waals surface area (Å²) in [5, 5.41) is 0. The molecule has 0 aromatic rings. The van der Waals surface area contributed by atoms with E-state index in [4.69, 9.17) is 5.73 Å². The molecule has 0 amide bonds. The molecule has 2 unspecified atom stereocenters. The molecular weight excluding hydrogens is 200 g/mol. The third-order valence-electron chi connectivity index (χ3n) is 2.10. The van der Waals surface area contributed by atoms with Crippen LogP contribution >= 0.6 is 0 Å². The van der Waals surface area contributed by atoms with Crippen LogP contribution in [0.3, 0.4) is 0 Å². The van der Waals surface area contributed by atoms with Crippen LogP contribution in [0.1, 0.15) is 33.1 Å². The van der Waals surface area contributed by atoms with Crippen molar-refractivity contribution in [2.75, 3.05) is 7.11 Å². The van der Waals surface area contributed by atoms with Crippen molar-refractivity contribution >= 4 is 5.97 Å². The minimum atomic E-state index is -0.457. The van der Waals surface area contributed by atoms with E-state index in [-0.39, 0.29) is 71.0 Å². The van der Waals surface area contributed by atoms with E-state index in [9.17, 15) is 4.79 Å². The molecule has 2 N–H and O–H groups in total. The molecule has 0 aromatic heterocycles. The zero-order valence-corrected chi connectivity index (χ0v) is 14.2. The Morgan fingerprint density at radius 2 is 1.93 bits per heavy atom. The summed E-state index contributed by atoms with van der Waals surface area (Å²) in [6.07, 6.45) is 3.25. The second-order valence-corrected chi connectivity index (χ2v) is 3.17. The predicted molar refractivity (Wildman–Crippen MR) is 48.7 cm³/mol. The van der Waals surface area contributed by atoms with Gasteiger partial charge in [-0.05, 0) is 12.3 Å². The average molecular weight is 219 g/mol. The SMILES string of the molecule is CCCCC(C)C(N)C(=O)OC.[Na+].[Na+]. The van der Waals surface area contributed by atoms with Crippen molar-refractivity contribution < 1.29 is 68.6 Å².